The van der Waals surface area contributed by atoms with E-state index >= 15 is 0 Å². The molecule has 2 aromatic rings. The Kier molecular flexibility index (Phi) is 4.97. The molecule has 0 bridgehead atoms. The average molecular weight is 343 g/mol. The first-order valence-electron chi connectivity index (χ1n) is 5.97. The fourth-order valence-electron chi connectivity index (χ4n) is 2.01. The standard InChI is InChI=1S/C15H14BrClFN/c1-19-15(8-10-2-5-12(18)6-3-10)13-9-11(16)4-7-14(13)17/h2-7,9,15,19H,8H2,1H3. The number of nitrogens with one attached hydrogen (secondary N) is 1. The third-order valence-corrected chi connectivity index (χ3v) is 3.87. The Labute approximate surface area is 125 Å². The molecule has 0 radical (unpaired) electrons. The van der Waals surface area contributed by atoms with E-state index < -0.39 is 0 Å². The molecule has 0 saturated heterocycles. The second kappa shape index (κ2) is 6.51. The van der Waals surface area contributed by atoms with Crippen molar-refractivity contribution in [1.82, 2.24) is 5.32 Å². The molecule has 19 heavy (non-hydrogen) atoms. The van der Waals surface area contributed by atoms with Crippen molar-refractivity contribution in [3.8, 4) is 0 Å². The highest BCUT2D eigenvalue weighted by molar-refractivity contribution is 9.10. The summed E-state index contributed by atoms with van der Waals surface area (Å²) in [5, 5.41) is 3.98. The summed E-state index contributed by atoms with van der Waals surface area (Å²) >= 11 is 9.69. The summed E-state index contributed by atoms with van der Waals surface area (Å²) in [6.45, 7) is 0. The first kappa shape index (κ1) is 14.5. The lowest BCUT2D eigenvalue weighted by atomic mass is 9.99. The normalized spacial score (nSPS) is 12.4. The van der Waals surface area contributed by atoms with E-state index in [0.717, 1.165) is 27.0 Å². The number of hydrogen-bond donors (Lipinski definition) is 1. The minimum Gasteiger partial charge on any atom is -0.313 e. The van der Waals surface area contributed by atoms with Crippen LogP contribution in [0.25, 0.3) is 0 Å². The average Bonchev–Trinajstić information content (AvgIpc) is 2.41. The van der Waals surface area contributed by atoms with Gasteiger partial charge in [0.05, 0.1) is 0 Å². The number of hydrogen-bond acceptors (Lipinski definition) is 1. The Morgan fingerprint density at radius 2 is 1.89 bits per heavy atom. The maximum atomic E-state index is 12.9. The Morgan fingerprint density at radius 1 is 1.21 bits per heavy atom. The van der Waals surface area contributed by atoms with Crippen LogP contribution in [0.5, 0.6) is 0 Å². The Bertz CT molecular complexity index is 557. The summed E-state index contributed by atoms with van der Waals surface area (Å²) in [5.41, 5.74) is 2.10. The van der Waals surface area contributed by atoms with Gasteiger partial charge in [0.1, 0.15) is 5.82 Å². The van der Waals surface area contributed by atoms with E-state index in [0.29, 0.717) is 0 Å². The second-order valence-electron chi connectivity index (χ2n) is 4.34. The lowest BCUT2D eigenvalue weighted by Crippen LogP contribution is -2.19. The van der Waals surface area contributed by atoms with Gasteiger partial charge in [0.2, 0.25) is 0 Å². The van der Waals surface area contributed by atoms with Crippen molar-refractivity contribution in [2.45, 2.75) is 12.5 Å². The molecule has 0 aromatic heterocycles. The molecule has 0 aliphatic carbocycles. The zero-order chi connectivity index (χ0) is 13.8. The van der Waals surface area contributed by atoms with Crippen LogP contribution in [-0.2, 0) is 6.42 Å². The van der Waals surface area contributed by atoms with E-state index in [1.807, 2.05) is 25.2 Å². The summed E-state index contributed by atoms with van der Waals surface area (Å²) < 4.78 is 13.9. The maximum Gasteiger partial charge on any atom is 0.123 e. The molecule has 0 fully saturated rings. The highest BCUT2D eigenvalue weighted by Crippen LogP contribution is 2.28. The quantitative estimate of drug-likeness (QED) is 0.846. The van der Waals surface area contributed by atoms with Gasteiger partial charge in [-0.25, -0.2) is 4.39 Å². The van der Waals surface area contributed by atoms with Gasteiger partial charge < -0.3 is 5.32 Å². The molecule has 0 saturated carbocycles. The van der Waals surface area contributed by atoms with E-state index in [-0.39, 0.29) is 11.9 Å². The SMILES string of the molecule is CNC(Cc1ccc(F)cc1)c1cc(Br)ccc1Cl. The Hall–Kier alpha value is -0.900. The van der Waals surface area contributed by atoms with Crippen molar-refractivity contribution in [3.05, 3.63) is 68.9 Å². The van der Waals surface area contributed by atoms with Gasteiger partial charge in [0.25, 0.3) is 0 Å². The number of rotatable bonds is 4. The van der Waals surface area contributed by atoms with E-state index in [1.54, 1.807) is 12.1 Å². The molecule has 1 unspecified atom stereocenters. The molecular weight excluding hydrogens is 329 g/mol. The summed E-state index contributed by atoms with van der Waals surface area (Å²) in [7, 11) is 1.89. The van der Waals surface area contributed by atoms with E-state index in [2.05, 4.69) is 21.2 Å². The summed E-state index contributed by atoms with van der Waals surface area (Å²) in [5.74, 6) is -0.217. The lowest BCUT2D eigenvalue weighted by molar-refractivity contribution is 0.589. The van der Waals surface area contributed by atoms with Crippen molar-refractivity contribution in [2.24, 2.45) is 0 Å². The predicted molar refractivity (Wildman–Crippen MR) is 81.1 cm³/mol. The summed E-state index contributed by atoms with van der Waals surface area (Å²) in [4.78, 5) is 0. The third kappa shape index (κ3) is 3.78. The van der Waals surface area contributed by atoms with Crippen LogP contribution in [0.4, 0.5) is 4.39 Å². The minimum absolute atomic E-state index is 0.0930. The van der Waals surface area contributed by atoms with Crippen LogP contribution in [-0.4, -0.2) is 7.05 Å². The van der Waals surface area contributed by atoms with Gasteiger partial charge in [-0.2, -0.15) is 0 Å². The fourth-order valence-corrected chi connectivity index (χ4v) is 2.63. The van der Waals surface area contributed by atoms with Crippen LogP contribution in [0.2, 0.25) is 5.02 Å². The van der Waals surface area contributed by atoms with Crippen molar-refractivity contribution >= 4 is 27.5 Å². The molecule has 0 amide bonds. The summed E-state index contributed by atoms with van der Waals surface area (Å²) in [6.07, 6.45) is 0.757. The van der Waals surface area contributed by atoms with Gasteiger partial charge >= 0.3 is 0 Å². The van der Waals surface area contributed by atoms with E-state index in [4.69, 9.17) is 11.6 Å². The lowest BCUT2D eigenvalue weighted by Gasteiger charge is -2.18. The van der Waals surface area contributed by atoms with Crippen LogP contribution < -0.4 is 5.32 Å². The minimum atomic E-state index is -0.217. The Morgan fingerprint density at radius 3 is 2.53 bits per heavy atom. The highest BCUT2D eigenvalue weighted by atomic mass is 79.9. The Balaban J connectivity index is 2.24. The van der Waals surface area contributed by atoms with Crippen LogP contribution in [0.15, 0.2) is 46.9 Å². The molecule has 2 aromatic carbocycles. The third-order valence-electron chi connectivity index (χ3n) is 3.04. The molecule has 0 spiro atoms. The maximum absolute atomic E-state index is 12.9. The first-order chi connectivity index (χ1) is 9.10. The molecule has 0 aliphatic rings. The topological polar surface area (TPSA) is 12.0 Å². The van der Waals surface area contributed by atoms with Gasteiger partial charge in [-0.1, -0.05) is 39.7 Å². The number of benzene rings is 2. The predicted octanol–water partition coefficient (Wildman–Crippen LogP) is 4.74. The first-order valence-corrected chi connectivity index (χ1v) is 7.14. The molecule has 2 rings (SSSR count). The van der Waals surface area contributed by atoms with Crippen LogP contribution in [0.3, 0.4) is 0 Å². The molecule has 1 N–H and O–H groups in total. The molecule has 0 aliphatic heterocycles. The van der Waals surface area contributed by atoms with Crippen molar-refractivity contribution in [2.75, 3.05) is 7.05 Å². The fraction of sp³-hybridized carbons (Fsp3) is 0.200. The molecule has 100 valence electrons. The zero-order valence-corrected chi connectivity index (χ0v) is 12.8. The van der Waals surface area contributed by atoms with Gasteiger partial charge in [-0.3, -0.25) is 0 Å². The van der Waals surface area contributed by atoms with Gasteiger partial charge in [0, 0.05) is 15.5 Å². The number of likely N-dealkylation sites (N-methyl/N-ethyl adjacent to an activating group) is 1. The summed E-state index contributed by atoms with van der Waals surface area (Å²) in [6, 6.07) is 12.4. The van der Waals surface area contributed by atoms with Gasteiger partial charge in [-0.05, 0) is 54.9 Å². The molecule has 1 nitrogen and oxygen atoms in total. The zero-order valence-electron chi connectivity index (χ0n) is 10.5. The molecular formula is C15H14BrClFN. The van der Waals surface area contributed by atoms with Crippen LogP contribution >= 0.6 is 27.5 Å². The van der Waals surface area contributed by atoms with Crippen LogP contribution in [0, 0.1) is 5.82 Å². The largest absolute Gasteiger partial charge is 0.313 e. The smallest absolute Gasteiger partial charge is 0.123 e. The highest BCUT2D eigenvalue weighted by Gasteiger charge is 2.14. The molecule has 0 heterocycles. The monoisotopic (exact) mass is 341 g/mol. The molecule has 4 heteroatoms. The van der Waals surface area contributed by atoms with Crippen molar-refractivity contribution in [3.63, 3.8) is 0 Å². The van der Waals surface area contributed by atoms with E-state index in [1.165, 1.54) is 12.1 Å². The van der Waals surface area contributed by atoms with Gasteiger partial charge in [-0.15, -0.1) is 0 Å². The van der Waals surface area contributed by atoms with Crippen molar-refractivity contribution < 1.29 is 4.39 Å². The van der Waals surface area contributed by atoms with E-state index in [9.17, 15) is 4.39 Å². The van der Waals surface area contributed by atoms with Crippen LogP contribution in [0.1, 0.15) is 17.2 Å². The number of halogens is 3. The van der Waals surface area contributed by atoms with Crippen molar-refractivity contribution in [1.29, 1.82) is 0 Å². The van der Waals surface area contributed by atoms with Gasteiger partial charge in [0.15, 0.2) is 0 Å². The second-order valence-corrected chi connectivity index (χ2v) is 5.66. The molecule has 1 atom stereocenters.